The van der Waals surface area contributed by atoms with Gasteiger partial charge in [0.1, 0.15) is 80.9 Å². The average molecular weight is 1140 g/mol. The van der Waals surface area contributed by atoms with Gasteiger partial charge in [0.05, 0.1) is 78.8 Å². The van der Waals surface area contributed by atoms with Crippen LogP contribution in [0.1, 0.15) is 60.5 Å². The zero-order valence-electron chi connectivity index (χ0n) is 45.8. The number of benzene rings is 2. The zero-order chi connectivity index (χ0) is 58.1. The summed E-state index contributed by atoms with van der Waals surface area (Å²) in [5.41, 5.74) is 2.63. The average Bonchev–Trinajstić information content (AvgIpc) is 4.21. The van der Waals surface area contributed by atoms with Crippen LogP contribution >= 0.6 is 0 Å². The van der Waals surface area contributed by atoms with E-state index in [4.69, 9.17) is 37.9 Å². The number of sulfone groups is 2. The fourth-order valence-electron chi connectivity index (χ4n) is 8.13. The lowest BCUT2D eigenvalue weighted by molar-refractivity contribution is 0.164. The lowest BCUT2D eigenvalue weighted by atomic mass is 10.2. The highest BCUT2D eigenvalue weighted by atomic mass is 32.2. The third kappa shape index (κ3) is 12.5. The lowest BCUT2D eigenvalue weighted by Gasteiger charge is -2.21. The van der Waals surface area contributed by atoms with Gasteiger partial charge in [-0.15, -0.1) is 20.4 Å². The van der Waals surface area contributed by atoms with Crippen LogP contribution in [0.15, 0.2) is 85.2 Å². The first-order valence-corrected chi connectivity index (χ1v) is 27.6. The maximum atomic E-state index is 13.7. The van der Waals surface area contributed by atoms with E-state index in [0.29, 0.717) is 68.9 Å². The van der Waals surface area contributed by atoms with Gasteiger partial charge < -0.3 is 48.1 Å². The summed E-state index contributed by atoms with van der Waals surface area (Å²) in [6, 6.07) is 20.5. The van der Waals surface area contributed by atoms with E-state index in [1.165, 1.54) is 92.3 Å². The van der Waals surface area contributed by atoms with Crippen LogP contribution in [-0.2, 0) is 31.2 Å². The molecule has 8 aromatic rings. The second-order valence-electron chi connectivity index (χ2n) is 17.4. The van der Waals surface area contributed by atoms with Crippen LogP contribution in [0.3, 0.4) is 0 Å². The van der Waals surface area contributed by atoms with E-state index in [1.54, 1.807) is 86.6 Å². The number of para-hydroxylation sites is 2. The van der Waals surface area contributed by atoms with E-state index in [9.17, 15) is 27.0 Å². The Labute approximate surface area is 461 Å². The highest BCUT2D eigenvalue weighted by Gasteiger charge is 2.37. The summed E-state index contributed by atoms with van der Waals surface area (Å²) in [6.45, 7) is 6.19. The monoisotopic (exact) mass is 1140 g/mol. The Morgan fingerprint density at radius 3 is 1.11 bits per heavy atom. The van der Waals surface area contributed by atoms with E-state index in [1.807, 2.05) is 0 Å². The van der Waals surface area contributed by atoms with Crippen molar-refractivity contribution in [1.82, 2.24) is 59.4 Å². The Kier molecular flexibility index (Phi) is 18.8. The molecule has 80 heavy (non-hydrogen) atoms. The molecule has 0 aliphatic carbocycles. The molecule has 2 aromatic carbocycles. The van der Waals surface area contributed by atoms with Crippen LogP contribution in [-0.4, -0.2) is 154 Å². The van der Waals surface area contributed by atoms with Gasteiger partial charge in [0.15, 0.2) is 43.0 Å². The predicted octanol–water partition coefficient (Wildman–Crippen LogP) is 5.00. The molecule has 0 spiro atoms. The number of aliphatic hydroxyl groups excluding tert-OH is 2. The largest absolute Gasteiger partial charge is 0.494 e. The topological polar surface area (TPSA) is 321 Å². The third-order valence-electron chi connectivity index (χ3n) is 12.4. The first-order valence-electron chi connectivity index (χ1n) is 24.2. The zero-order valence-corrected chi connectivity index (χ0v) is 47.4. The van der Waals surface area contributed by atoms with Crippen molar-refractivity contribution in [3.63, 3.8) is 0 Å². The summed E-state index contributed by atoms with van der Waals surface area (Å²) < 4.78 is 101. The second-order valence-corrected chi connectivity index (χ2v) is 22.1. The van der Waals surface area contributed by atoms with Crippen molar-refractivity contribution >= 4 is 19.7 Å². The van der Waals surface area contributed by atoms with Crippen molar-refractivity contribution in [3.8, 4) is 80.9 Å². The van der Waals surface area contributed by atoms with Crippen LogP contribution in [0.2, 0.25) is 0 Å². The Balaban J connectivity index is 0.000000231. The molecule has 6 heterocycles. The Morgan fingerprint density at radius 2 is 0.800 bits per heavy atom. The van der Waals surface area contributed by atoms with Gasteiger partial charge >= 0.3 is 0 Å². The second kappa shape index (κ2) is 25.5. The van der Waals surface area contributed by atoms with Crippen molar-refractivity contribution in [2.24, 2.45) is 0 Å². The lowest BCUT2D eigenvalue weighted by Crippen LogP contribution is -2.29. The minimum atomic E-state index is -4.07. The highest BCUT2D eigenvalue weighted by Crippen LogP contribution is 2.40. The first kappa shape index (κ1) is 59.1. The maximum Gasteiger partial charge on any atom is 0.238 e. The van der Waals surface area contributed by atoms with E-state index < -0.39 is 53.9 Å². The minimum absolute atomic E-state index is 0.0123. The van der Waals surface area contributed by atoms with Gasteiger partial charge in [-0.05, 0) is 64.1 Å². The van der Waals surface area contributed by atoms with E-state index >= 15 is 0 Å². The number of aryl methyl sites for hydroxylation is 2. The molecule has 0 unspecified atom stereocenters. The normalized spacial score (nSPS) is 13.0. The molecule has 0 saturated heterocycles. The number of aromatic nitrogens is 12. The molecule has 26 nitrogen and oxygen atoms in total. The smallest absolute Gasteiger partial charge is 0.238 e. The maximum absolute atomic E-state index is 13.7. The number of hydrogen-bond acceptors (Lipinski definition) is 24. The van der Waals surface area contributed by atoms with E-state index in [0.717, 1.165) is 0 Å². The number of methoxy groups -OCH3 is 8. The Hall–Kier alpha value is -8.60. The number of hydrogen-bond donors (Lipinski definition) is 2. The molecule has 0 aliphatic heterocycles. The van der Waals surface area contributed by atoms with Crippen molar-refractivity contribution in [3.05, 3.63) is 120 Å². The van der Waals surface area contributed by atoms with Crippen molar-refractivity contribution in [2.45, 2.75) is 61.9 Å². The summed E-state index contributed by atoms with van der Waals surface area (Å²) in [6.07, 6.45) is -0.189. The molecule has 0 fully saturated rings. The molecule has 0 radical (unpaired) electrons. The van der Waals surface area contributed by atoms with Crippen LogP contribution in [0.25, 0.3) is 34.4 Å². The van der Waals surface area contributed by atoms with Gasteiger partial charge in [-0.2, -0.15) is 0 Å². The van der Waals surface area contributed by atoms with Crippen molar-refractivity contribution < 1.29 is 64.9 Å². The van der Waals surface area contributed by atoms with Crippen LogP contribution in [0.4, 0.5) is 0 Å². The van der Waals surface area contributed by atoms with E-state index in [-0.39, 0.29) is 46.4 Å². The van der Waals surface area contributed by atoms with Crippen molar-refractivity contribution in [1.29, 1.82) is 0 Å². The third-order valence-corrected chi connectivity index (χ3v) is 16.5. The molecule has 6 aromatic heterocycles. The number of aliphatic hydroxyl groups is 2. The summed E-state index contributed by atoms with van der Waals surface area (Å²) in [5, 5.41) is 36.5. The minimum Gasteiger partial charge on any atom is -0.494 e. The Bertz CT molecular complexity index is 3410. The van der Waals surface area contributed by atoms with Crippen LogP contribution < -0.4 is 37.9 Å². The quantitative estimate of drug-likeness (QED) is 0.0902. The molecule has 0 bridgehead atoms. The van der Waals surface area contributed by atoms with E-state index in [2.05, 4.69) is 50.3 Å². The number of ether oxygens (including phenoxy) is 8. The SMILES string of the molecule is COc1cccc(-c2nnc(CS(=O)(=O)[C@@H](C)[C@@H](O)c3ncc(C)nc3OC)n2-c2c(OC)cccc2OC)n1.COc1cccc(-c2nnc(CS(=O)(=O)[C@H](C)[C@H](O)c3ncc(C)nc3OC)n2-c2c(OC)cccc2OC)n1. The van der Waals surface area contributed by atoms with Crippen LogP contribution in [0.5, 0.6) is 46.5 Å². The summed E-state index contributed by atoms with van der Waals surface area (Å²) in [4.78, 5) is 25.6. The van der Waals surface area contributed by atoms with Gasteiger partial charge in [0.25, 0.3) is 0 Å². The summed E-state index contributed by atoms with van der Waals surface area (Å²) in [7, 11) is 3.50. The molecule has 4 atom stereocenters. The van der Waals surface area contributed by atoms with Crippen LogP contribution in [0, 0.1) is 13.8 Å². The molecule has 28 heteroatoms. The molecule has 0 amide bonds. The highest BCUT2D eigenvalue weighted by molar-refractivity contribution is 7.91. The fraction of sp³-hybridized carbons (Fsp3) is 0.346. The number of rotatable bonds is 22. The van der Waals surface area contributed by atoms with Gasteiger partial charge in [0, 0.05) is 24.5 Å². The summed E-state index contributed by atoms with van der Waals surface area (Å²) >= 11 is 0. The molecular formula is C52H60N12O14S2. The van der Waals surface area contributed by atoms with Gasteiger partial charge in [0.2, 0.25) is 23.5 Å². The molecule has 8 rings (SSSR count). The molecule has 424 valence electrons. The Morgan fingerprint density at radius 1 is 0.463 bits per heavy atom. The van der Waals surface area contributed by atoms with Gasteiger partial charge in [-0.1, -0.05) is 24.3 Å². The van der Waals surface area contributed by atoms with Crippen molar-refractivity contribution in [2.75, 3.05) is 56.9 Å². The fourth-order valence-corrected chi connectivity index (χ4v) is 10.8. The standard InChI is InChI=1S/2C26H30N6O7S/c2*1-15-13-27-22(26(28-15)39-6)24(33)16(2)40(34,35)14-20-30-31-25(17-9-7-12-21(29-17)38-5)32(20)23-18(36-3)10-8-11-19(23)37-4/h2*7-13,16,24,33H,14H2,1-6H3/t2*16-,24+/m10/s1. The predicted molar refractivity (Wildman–Crippen MR) is 289 cm³/mol. The molecule has 0 saturated carbocycles. The first-order chi connectivity index (χ1) is 38.3. The molecule has 0 aliphatic rings. The summed E-state index contributed by atoms with van der Waals surface area (Å²) in [5.74, 6) is 1.65. The number of nitrogens with zero attached hydrogens (tertiary/aromatic N) is 12. The van der Waals surface area contributed by atoms with Gasteiger partial charge in [-0.3, -0.25) is 19.1 Å². The molecule has 2 N–H and O–H groups in total. The number of pyridine rings is 2. The van der Waals surface area contributed by atoms with Gasteiger partial charge in [-0.25, -0.2) is 36.8 Å². The molecular weight excluding hydrogens is 1080 g/mol.